The molecule has 6 nitrogen and oxygen atoms in total. The number of rotatable bonds is 7. The lowest BCUT2D eigenvalue weighted by atomic mass is 10.1. The molecule has 2 amide bonds. The van der Waals surface area contributed by atoms with Crippen LogP contribution in [-0.4, -0.2) is 29.9 Å². The molecule has 1 aromatic heterocycles. The molecule has 2 N–H and O–H groups in total. The van der Waals surface area contributed by atoms with Crippen molar-refractivity contribution in [1.82, 2.24) is 15.8 Å². The Morgan fingerprint density at radius 3 is 2.68 bits per heavy atom. The number of aromatic nitrogens is 1. The highest BCUT2D eigenvalue weighted by atomic mass is 19.1. The quantitative estimate of drug-likeness (QED) is 0.805. The van der Waals surface area contributed by atoms with E-state index in [1.54, 1.807) is 25.1 Å². The van der Waals surface area contributed by atoms with E-state index in [2.05, 4.69) is 15.8 Å². The topological polar surface area (TPSA) is 76.4 Å². The van der Waals surface area contributed by atoms with Crippen LogP contribution in [0, 0.1) is 19.7 Å². The van der Waals surface area contributed by atoms with E-state index in [-0.39, 0.29) is 30.5 Å². The molecule has 0 radical (unpaired) electrons. The minimum absolute atomic E-state index is 0.0837. The molecule has 0 aliphatic carbocycles. The van der Waals surface area contributed by atoms with Gasteiger partial charge in [-0.15, -0.1) is 0 Å². The first kappa shape index (κ1) is 18.8. The zero-order valence-corrected chi connectivity index (χ0v) is 14.9. The van der Waals surface area contributed by atoms with Crippen LogP contribution in [0.25, 0.3) is 0 Å². The lowest BCUT2D eigenvalue weighted by Gasteiger charge is -2.18. The van der Waals surface area contributed by atoms with Crippen molar-refractivity contribution in [2.45, 2.75) is 46.3 Å². The summed E-state index contributed by atoms with van der Waals surface area (Å²) in [7, 11) is 0. The monoisotopic (exact) mass is 349 g/mol. The van der Waals surface area contributed by atoms with E-state index < -0.39 is 5.82 Å². The van der Waals surface area contributed by atoms with Crippen molar-refractivity contribution in [3.05, 3.63) is 47.1 Å². The third-order valence-electron chi connectivity index (χ3n) is 3.78. The van der Waals surface area contributed by atoms with Gasteiger partial charge in [-0.25, -0.2) is 9.18 Å². The van der Waals surface area contributed by atoms with E-state index in [1.165, 1.54) is 6.07 Å². The van der Waals surface area contributed by atoms with Gasteiger partial charge in [0.2, 0.25) is 0 Å². The highest BCUT2D eigenvalue weighted by Gasteiger charge is 2.15. The van der Waals surface area contributed by atoms with Crippen LogP contribution in [0.15, 0.2) is 28.8 Å². The number of hydrogen-bond acceptors (Lipinski definition) is 4. The number of hydrogen-bond donors (Lipinski definition) is 2. The van der Waals surface area contributed by atoms with Gasteiger partial charge in [0.1, 0.15) is 11.9 Å². The number of halogens is 1. The number of ether oxygens (including phenoxy) is 1. The second kappa shape index (κ2) is 8.50. The number of aryl methyl sites for hydroxylation is 2. The summed E-state index contributed by atoms with van der Waals surface area (Å²) in [6, 6.07) is 5.79. The standard InChI is InChI=1S/C18H24FN3O3/c1-11(9-15-13(3)22-25-14(15)4)21-18(23)20-10-12(2)24-17-8-6-5-7-16(17)19/h5-8,11-12H,9-10H2,1-4H3,(H2,20,21,23)/t11-,12-/m1/s1. The van der Waals surface area contributed by atoms with E-state index in [0.717, 1.165) is 17.0 Å². The zero-order chi connectivity index (χ0) is 18.4. The molecule has 2 rings (SSSR count). The maximum atomic E-state index is 13.5. The second-order valence-corrected chi connectivity index (χ2v) is 6.12. The number of nitrogens with one attached hydrogen (secondary N) is 2. The summed E-state index contributed by atoms with van der Waals surface area (Å²) in [5.74, 6) is 0.509. The maximum absolute atomic E-state index is 13.5. The molecule has 0 unspecified atom stereocenters. The SMILES string of the molecule is Cc1noc(C)c1C[C@@H](C)NC(=O)NC[C@@H](C)Oc1ccccc1F. The highest BCUT2D eigenvalue weighted by molar-refractivity contribution is 5.74. The number of amides is 2. The van der Waals surface area contributed by atoms with Crippen molar-refractivity contribution in [3.8, 4) is 5.75 Å². The predicted octanol–water partition coefficient (Wildman–Crippen LogP) is 3.13. The molecule has 0 saturated carbocycles. The average molecular weight is 349 g/mol. The number of carbonyl (C=O) groups excluding carboxylic acids is 1. The van der Waals surface area contributed by atoms with Gasteiger partial charge in [-0.3, -0.25) is 0 Å². The van der Waals surface area contributed by atoms with Crippen molar-refractivity contribution >= 4 is 6.03 Å². The van der Waals surface area contributed by atoms with Crippen LogP contribution < -0.4 is 15.4 Å². The third kappa shape index (κ3) is 5.48. The first-order chi connectivity index (χ1) is 11.9. The van der Waals surface area contributed by atoms with Crippen LogP contribution >= 0.6 is 0 Å². The summed E-state index contributed by atoms with van der Waals surface area (Å²) < 4.78 is 24.1. The van der Waals surface area contributed by atoms with Crippen LogP contribution in [0.4, 0.5) is 9.18 Å². The van der Waals surface area contributed by atoms with E-state index in [1.807, 2.05) is 20.8 Å². The summed E-state index contributed by atoms with van der Waals surface area (Å²) in [5.41, 5.74) is 1.84. The fraction of sp³-hybridized carbons (Fsp3) is 0.444. The fourth-order valence-corrected chi connectivity index (χ4v) is 2.46. The molecule has 136 valence electrons. The Labute approximate surface area is 146 Å². The molecule has 0 bridgehead atoms. The maximum Gasteiger partial charge on any atom is 0.315 e. The summed E-state index contributed by atoms with van der Waals surface area (Å²) in [6.07, 6.45) is 0.274. The second-order valence-electron chi connectivity index (χ2n) is 6.12. The minimum atomic E-state index is -0.424. The Hall–Kier alpha value is -2.57. The first-order valence-corrected chi connectivity index (χ1v) is 8.24. The molecular weight excluding hydrogens is 325 g/mol. The summed E-state index contributed by atoms with van der Waals surface area (Å²) in [5, 5.41) is 9.48. The Balaban J connectivity index is 1.75. The van der Waals surface area contributed by atoms with Gasteiger partial charge >= 0.3 is 6.03 Å². The van der Waals surface area contributed by atoms with Gasteiger partial charge in [0.25, 0.3) is 0 Å². The molecule has 0 spiro atoms. The number of urea groups is 1. The molecule has 0 saturated heterocycles. The Morgan fingerprint density at radius 1 is 1.32 bits per heavy atom. The van der Waals surface area contributed by atoms with E-state index in [4.69, 9.17) is 9.26 Å². The van der Waals surface area contributed by atoms with Gasteiger partial charge in [-0.1, -0.05) is 17.3 Å². The number of para-hydroxylation sites is 1. The normalized spacial score (nSPS) is 13.2. The Bertz CT molecular complexity index is 698. The van der Waals surface area contributed by atoms with Crippen molar-refractivity contribution in [2.24, 2.45) is 0 Å². The molecule has 0 aliphatic rings. The molecule has 7 heteroatoms. The molecule has 2 aromatic rings. The van der Waals surface area contributed by atoms with Gasteiger partial charge in [-0.2, -0.15) is 0 Å². The van der Waals surface area contributed by atoms with E-state index >= 15 is 0 Å². The third-order valence-corrected chi connectivity index (χ3v) is 3.78. The molecule has 1 heterocycles. The van der Waals surface area contributed by atoms with Gasteiger partial charge in [0.05, 0.1) is 12.2 Å². The first-order valence-electron chi connectivity index (χ1n) is 8.24. The van der Waals surface area contributed by atoms with Crippen molar-refractivity contribution < 1.29 is 18.4 Å². The lowest BCUT2D eigenvalue weighted by Crippen LogP contribution is -2.44. The van der Waals surface area contributed by atoms with Gasteiger partial charge in [-0.05, 0) is 46.2 Å². The van der Waals surface area contributed by atoms with Crippen LogP contribution in [0.2, 0.25) is 0 Å². The average Bonchev–Trinajstić information content (AvgIpc) is 2.87. The summed E-state index contributed by atoms with van der Waals surface area (Å²) in [6.45, 7) is 7.66. The Morgan fingerprint density at radius 2 is 2.04 bits per heavy atom. The zero-order valence-electron chi connectivity index (χ0n) is 14.9. The van der Waals surface area contributed by atoms with Gasteiger partial charge in [0.15, 0.2) is 11.6 Å². The molecule has 25 heavy (non-hydrogen) atoms. The molecule has 0 fully saturated rings. The van der Waals surface area contributed by atoms with Crippen molar-refractivity contribution in [1.29, 1.82) is 0 Å². The molecule has 0 aliphatic heterocycles. The van der Waals surface area contributed by atoms with Crippen molar-refractivity contribution in [2.75, 3.05) is 6.54 Å². The van der Waals surface area contributed by atoms with Crippen LogP contribution in [0.5, 0.6) is 5.75 Å². The number of carbonyl (C=O) groups is 1. The molecule has 1 aromatic carbocycles. The molecule has 2 atom stereocenters. The van der Waals surface area contributed by atoms with Crippen LogP contribution in [0.1, 0.15) is 30.9 Å². The van der Waals surface area contributed by atoms with Crippen LogP contribution in [0.3, 0.4) is 0 Å². The lowest BCUT2D eigenvalue weighted by molar-refractivity contribution is 0.200. The largest absolute Gasteiger partial charge is 0.486 e. The summed E-state index contributed by atoms with van der Waals surface area (Å²) in [4.78, 5) is 12.0. The number of benzene rings is 1. The van der Waals surface area contributed by atoms with Crippen LogP contribution in [-0.2, 0) is 6.42 Å². The fourth-order valence-electron chi connectivity index (χ4n) is 2.46. The smallest absolute Gasteiger partial charge is 0.315 e. The number of nitrogens with zero attached hydrogens (tertiary/aromatic N) is 1. The van der Waals surface area contributed by atoms with Crippen molar-refractivity contribution in [3.63, 3.8) is 0 Å². The van der Waals surface area contributed by atoms with E-state index in [0.29, 0.717) is 6.42 Å². The summed E-state index contributed by atoms with van der Waals surface area (Å²) >= 11 is 0. The minimum Gasteiger partial charge on any atom is -0.486 e. The predicted molar refractivity (Wildman–Crippen MR) is 92.2 cm³/mol. The molecular formula is C18H24FN3O3. The Kier molecular flexibility index (Phi) is 6.38. The van der Waals surface area contributed by atoms with E-state index in [9.17, 15) is 9.18 Å². The van der Waals surface area contributed by atoms with Gasteiger partial charge in [0, 0.05) is 11.6 Å². The van der Waals surface area contributed by atoms with Gasteiger partial charge < -0.3 is 19.9 Å². The highest BCUT2D eigenvalue weighted by Crippen LogP contribution is 2.17.